The van der Waals surface area contributed by atoms with Gasteiger partial charge in [0, 0.05) is 50.5 Å². The molecule has 0 aromatic carbocycles. The minimum atomic E-state index is -0.627. The van der Waals surface area contributed by atoms with Gasteiger partial charge in [0.05, 0.1) is 5.69 Å². The van der Waals surface area contributed by atoms with E-state index in [1.165, 1.54) is 11.3 Å². The Hall–Kier alpha value is -2.69. The molecule has 6 N–H and O–H groups in total. The summed E-state index contributed by atoms with van der Waals surface area (Å²) in [7, 11) is 1.88. The smallest absolute Gasteiger partial charge is 0.260 e. The van der Waals surface area contributed by atoms with Crippen LogP contribution in [0.3, 0.4) is 0 Å². The number of anilines is 2. The maximum Gasteiger partial charge on any atom is 0.260 e. The average Bonchev–Trinajstić information content (AvgIpc) is 3.36. The third kappa shape index (κ3) is 4.43. The Morgan fingerprint density at radius 2 is 2.16 bits per heavy atom. The number of aliphatic hydroxyl groups excluding tert-OH is 1. The zero-order valence-electron chi connectivity index (χ0n) is 18.5. The molecule has 1 aliphatic rings. The largest absolute Gasteiger partial charge is 0.397 e. The first-order valence-corrected chi connectivity index (χ1v) is 11.9. The van der Waals surface area contributed by atoms with Crippen LogP contribution < -0.4 is 21.7 Å². The van der Waals surface area contributed by atoms with Gasteiger partial charge in [0.15, 0.2) is 0 Å². The van der Waals surface area contributed by atoms with Crippen molar-refractivity contribution in [3.05, 3.63) is 34.7 Å². The van der Waals surface area contributed by atoms with E-state index in [-0.39, 0.29) is 0 Å². The number of nitrogens with two attached hydrogens (primary N) is 2. The molecular weight excluding hydrogens is 426 g/mol. The number of hydrogen-bond acceptors (Lipinski definition) is 8. The summed E-state index contributed by atoms with van der Waals surface area (Å²) in [4.78, 5) is 24.3. The molecule has 32 heavy (non-hydrogen) atoms. The Kier molecular flexibility index (Phi) is 6.63. The molecule has 172 valence electrons. The van der Waals surface area contributed by atoms with Gasteiger partial charge in [-0.05, 0) is 30.9 Å². The lowest BCUT2D eigenvalue weighted by molar-refractivity contribution is 0.100. The average molecular weight is 458 g/mol. The lowest BCUT2D eigenvalue weighted by Crippen LogP contribution is -2.44. The lowest BCUT2D eigenvalue weighted by Gasteiger charge is -2.34. The maximum atomic E-state index is 11.8. The highest BCUT2D eigenvalue weighted by Crippen LogP contribution is 2.37. The molecule has 0 radical (unpaired) electrons. The summed E-state index contributed by atoms with van der Waals surface area (Å²) in [6.45, 7) is 4.33. The molecule has 10 heteroatoms. The van der Waals surface area contributed by atoms with Gasteiger partial charge in [0.1, 0.15) is 27.5 Å². The summed E-state index contributed by atoms with van der Waals surface area (Å²) in [5.74, 6) is 1.08. The van der Waals surface area contributed by atoms with Gasteiger partial charge < -0.3 is 31.4 Å². The lowest BCUT2D eigenvalue weighted by atomic mass is 10.0. The van der Waals surface area contributed by atoms with Crippen LogP contribution in [0.4, 0.5) is 11.5 Å². The van der Waals surface area contributed by atoms with E-state index < -0.39 is 12.0 Å². The third-order valence-electron chi connectivity index (χ3n) is 6.09. The van der Waals surface area contributed by atoms with Crippen molar-refractivity contribution in [3.63, 3.8) is 0 Å². The molecule has 1 unspecified atom stereocenters. The fourth-order valence-electron chi connectivity index (χ4n) is 4.38. The predicted octanol–water partition coefficient (Wildman–Crippen LogP) is 1.96. The van der Waals surface area contributed by atoms with Crippen LogP contribution in [0.5, 0.6) is 0 Å². The van der Waals surface area contributed by atoms with Gasteiger partial charge >= 0.3 is 0 Å². The minimum Gasteiger partial charge on any atom is -0.397 e. The molecule has 1 atom stereocenters. The van der Waals surface area contributed by atoms with E-state index in [1.54, 1.807) is 6.20 Å². The number of aliphatic hydroxyl groups is 1. The van der Waals surface area contributed by atoms with Gasteiger partial charge in [0.2, 0.25) is 0 Å². The first-order valence-electron chi connectivity index (χ1n) is 11.0. The highest BCUT2D eigenvalue weighted by molar-refractivity contribution is 7.21. The second-order valence-electron chi connectivity index (χ2n) is 8.36. The fraction of sp³-hybridized carbons (Fsp3) is 0.500. The standard InChI is InChI=1S/C22H31N7O2S/c1-3-4-13-11-16(27-22-17(13)18(23)19(32-22)20(24)31)29-8-5-14(6-9-29)26-12-15(30)21-25-7-10-28(21)2/h7,10-11,14-15,26,30H,3-6,8-9,12,23H2,1-2H3,(H2,24,31). The topological polar surface area (TPSA) is 135 Å². The van der Waals surface area contributed by atoms with Crippen molar-refractivity contribution in [1.82, 2.24) is 19.9 Å². The van der Waals surface area contributed by atoms with Crippen molar-refractivity contribution in [1.29, 1.82) is 0 Å². The number of hydrogen-bond donors (Lipinski definition) is 4. The van der Waals surface area contributed by atoms with Gasteiger partial charge in [0.25, 0.3) is 5.91 Å². The van der Waals surface area contributed by atoms with Crippen molar-refractivity contribution in [2.24, 2.45) is 12.8 Å². The summed E-state index contributed by atoms with van der Waals surface area (Å²) < 4.78 is 1.84. The highest BCUT2D eigenvalue weighted by Gasteiger charge is 2.24. The maximum absolute atomic E-state index is 11.8. The molecule has 0 saturated carbocycles. The van der Waals surface area contributed by atoms with Crippen LogP contribution in [0, 0.1) is 0 Å². The van der Waals surface area contributed by atoms with Crippen molar-refractivity contribution in [2.75, 3.05) is 30.3 Å². The van der Waals surface area contributed by atoms with Crippen molar-refractivity contribution in [2.45, 2.75) is 44.8 Å². The van der Waals surface area contributed by atoms with E-state index in [0.717, 1.165) is 60.4 Å². The number of aryl methyl sites for hydroxylation is 2. The third-order valence-corrected chi connectivity index (χ3v) is 7.20. The number of piperidine rings is 1. The first kappa shape index (κ1) is 22.5. The van der Waals surface area contributed by atoms with Crippen LogP contribution in [0.2, 0.25) is 0 Å². The summed E-state index contributed by atoms with van der Waals surface area (Å²) >= 11 is 1.28. The van der Waals surface area contributed by atoms with E-state index in [1.807, 2.05) is 17.8 Å². The van der Waals surface area contributed by atoms with Gasteiger partial charge in [-0.2, -0.15) is 0 Å². The number of carbonyl (C=O) groups excluding carboxylic acids is 1. The fourth-order valence-corrected chi connectivity index (χ4v) is 5.37. The molecule has 3 aromatic heterocycles. The zero-order valence-corrected chi connectivity index (χ0v) is 19.4. The van der Waals surface area contributed by atoms with Crippen LogP contribution in [-0.2, 0) is 13.5 Å². The molecule has 0 aliphatic carbocycles. The van der Waals surface area contributed by atoms with Crippen LogP contribution in [0.25, 0.3) is 10.2 Å². The number of fused-ring (bicyclic) bond motifs is 1. The first-order chi connectivity index (χ1) is 15.4. The number of nitrogen functional groups attached to an aromatic ring is 1. The predicted molar refractivity (Wildman–Crippen MR) is 128 cm³/mol. The Bertz CT molecular complexity index is 1100. The molecule has 4 heterocycles. The molecule has 1 aliphatic heterocycles. The zero-order chi connectivity index (χ0) is 22.8. The Labute approximate surface area is 191 Å². The monoisotopic (exact) mass is 457 g/mol. The molecule has 3 aromatic rings. The molecule has 9 nitrogen and oxygen atoms in total. The van der Waals surface area contributed by atoms with E-state index in [2.05, 4.69) is 28.2 Å². The van der Waals surface area contributed by atoms with Crippen molar-refractivity contribution < 1.29 is 9.90 Å². The van der Waals surface area contributed by atoms with E-state index in [0.29, 0.717) is 29.0 Å². The Balaban J connectivity index is 1.44. The van der Waals surface area contributed by atoms with Gasteiger partial charge in [-0.3, -0.25) is 4.79 Å². The molecule has 1 amide bonds. The normalized spacial score (nSPS) is 16.0. The number of carbonyl (C=O) groups is 1. The number of amides is 1. The second kappa shape index (κ2) is 9.43. The summed E-state index contributed by atoms with van der Waals surface area (Å²) in [5.41, 5.74) is 13.3. The number of primary amides is 1. The van der Waals surface area contributed by atoms with Gasteiger partial charge in [-0.25, -0.2) is 9.97 Å². The molecule has 0 bridgehead atoms. The highest BCUT2D eigenvalue weighted by atomic mass is 32.1. The quantitative estimate of drug-likeness (QED) is 0.406. The summed E-state index contributed by atoms with van der Waals surface area (Å²) in [6.07, 6.45) is 6.66. The van der Waals surface area contributed by atoms with Crippen molar-refractivity contribution >= 4 is 39.0 Å². The molecule has 1 saturated heterocycles. The summed E-state index contributed by atoms with van der Waals surface area (Å²) in [5, 5.41) is 14.7. The number of imidazole rings is 1. The van der Waals surface area contributed by atoms with E-state index >= 15 is 0 Å². The summed E-state index contributed by atoms with van der Waals surface area (Å²) in [6, 6.07) is 2.44. The molecule has 4 rings (SSSR count). The SMILES string of the molecule is CCCc1cc(N2CCC(NCC(O)c3nccn3C)CC2)nc2sc(C(N)=O)c(N)c12. The Morgan fingerprint density at radius 1 is 1.41 bits per heavy atom. The number of nitrogens with zero attached hydrogens (tertiary/aromatic N) is 4. The van der Waals surface area contributed by atoms with E-state index in [4.69, 9.17) is 16.5 Å². The van der Waals surface area contributed by atoms with Crippen LogP contribution in [-0.4, -0.2) is 51.2 Å². The molecular formula is C22H31N7O2S. The van der Waals surface area contributed by atoms with Crippen molar-refractivity contribution in [3.8, 4) is 0 Å². The number of thiophene rings is 1. The second-order valence-corrected chi connectivity index (χ2v) is 9.36. The number of rotatable bonds is 8. The molecule has 1 fully saturated rings. The molecule has 0 spiro atoms. The van der Waals surface area contributed by atoms with Gasteiger partial charge in [-0.1, -0.05) is 13.3 Å². The number of nitrogens with one attached hydrogen (secondary N) is 1. The number of pyridine rings is 1. The van der Waals surface area contributed by atoms with Crippen LogP contribution in [0.1, 0.15) is 53.3 Å². The number of aromatic nitrogens is 3. The minimum absolute atomic E-state index is 0.332. The van der Waals surface area contributed by atoms with Gasteiger partial charge in [-0.15, -0.1) is 11.3 Å². The van der Waals surface area contributed by atoms with Crippen LogP contribution >= 0.6 is 11.3 Å². The van der Waals surface area contributed by atoms with Crippen LogP contribution in [0.15, 0.2) is 18.5 Å². The Morgan fingerprint density at radius 3 is 2.78 bits per heavy atom. The van der Waals surface area contributed by atoms with E-state index in [9.17, 15) is 9.90 Å².